The summed E-state index contributed by atoms with van der Waals surface area (Å²) >= 11 is 1.26. The summed E-state index contributed by atoms with van der Waals surface area (Å²) < 4.78 is 3.29. The summed E-state index contributed by atoms with van der Waals surface area (Å²) in [6.45, 7) is 2.32. The molecule has 0 radical (unpaired) electrons. The van der Waals surface area contributed by atoms with Gasteiger partial charge in [-0.25, -0.2) is 4.72 Å². The first-order valence-electron chi connectivity index (χ1n) is 6.47. The molecule has 0 heterocycles. The lowest BCUT2D eigenvalue weighted by molar-refractivity contribution is 0.255. The number of nitrogens with one attached hydrogen (secondary N) is 1. The van der Waals surface area contributed by atoms with Gasteiger partial charge >= 0.3 is 0 Å². The van der Waals surface area contributed by atoms with Crippen molar-refractivity contribution >= 4 is 12.1 Å². The van der Waals surface area contributed by atoms with Crippen molar-refractivity contribution in [2.45, 2.75) is 50.5 Å². The third-order valence-corrected chi connectivity index (χ3v) is 4.71. The van der Waals surface area contributed by atoms with Crippen LogP contribution in [-0.2, 0) is 5.41 Å². The number of rotatable bonds is 4. The molecule has 94 valence electrons. The van der Waals surface area contributed by atoms with Crippen LogP contribution >= 0.6 is 12.1 Å². The maximum atomic E-state index is 5.48. The van der Waals surface area contributed by atoms with Gasteiger partial charge in [-0.1, -0.05) is 37.3 Å². The van der Waals surface area contributed by atoms with Crippen molar-refractivity contribution in [1.29, 1.82) is 0 Å². The molecule has 1 fully saturated rings. The fraction of sp³-hybridized carbons (Fsp3) is 0.571. The second-order valence-electron chi connectivity index (χ2n) is 5.01. The molecule has 1 aromatic rings. The molecule has 0 unspecified atom stereocenters. The minimum absolute atomic E-state index is 0.401. The minimum atomic E-state index is 0.401. The molecule has 2 nitrogen and oxygen atoms in total. The molecule has 3 heteroatoms. The van der Waals surface area contributed by atoms with Crippen molar-refractivity contribution in [3.05, 3.63) is 35.9 Å². The van der Waals surface area contributed by atoms with Crippen LogP contribution in [0.2, 0.25) is 0 Å². The molecule has 0 aliphatic heterocycles. The van der Waals surface area contributed by atoms with Crippen molar-refractivity contribution < 1.29 is 0 Å². The van der Waals surface area contributed by atoms with Gasteiger partial charge in [0, 0.05) is 18.2 Å². The van der Waals surface area contributed by atoms with Crippen LogP contribution in [0.3, 0.4) is 0 Å². The van der Waals surface area contributed by atoms with E-state index in [1.165, 1.54) is 49.8 Å². The predicted octanol–water partition coefficient (Wildman–Crippen LogP) is 3.39. The summed E-state index contributed by atoms with van der Waals surface area (Å²) in [5.41, 5.74) is 1.92. The van der Waals surface area contributed by atoms with Gasteiger partial charge in [-0.05, 0) is 43.1 Å². The molecule has 17 heavy (non-hydrogen) atoms. The Kier molecular flexibility index (Phi) is 4.48. The van der Waals surface area contributed by atoms with E-state index in [-0.39, 0.29) is 0 Å². The predicted molar refractivity (Wildman–Crippen MR) is 75.6 cm³/mol. The SMILES string of the molecule is CCC1(c2ccccc2)CCC(NSN)CC1. The average molecular weight is 250 g/mol. The first-order chi connectivity index (χ1) is 8.30. The number of benzene rings is 1. The van der Waals surface area contributed by atoms with Crippen LogP contribution in [0.4, 0.5) is 0 Å². The fourth-order valence-electron chi connectivity index (χ4n) is 3.02. The van der Waals surface area contributed by atoms with Gasteiger partial charge in [0.05, 0.1) is 0 Å². The van der Waals surface area contributed by atoms with E-state index in [4.69, 9.17) is 5.14 Å². The van der Waals surface area contributed by atoms with E-state index in [0.29, 0.717) is 11.5 Å². The summed E-state index contributed by atoms with van der Waals surface area (Å²) in [5.74, 6) is 0. The Morgan fingerprint density at radius 2 is 1.94 bits per heavy atom. The lowest BCUT2D eigenvalue weighted by atomic mass is 9.67. The summed E-state index contributed by atoms with van der Waals surface area (Å²) in [4.78, 5) is 0. The normalized spacial score (nSPS) is 29.2. The molecule has 3 N–H and O–H groups in total. The Morgan fingerprint density at radius 1 is 1.29 bits per heavy atom. The molecule has 0 aromatic heterocycles. The van der Waals surface area contributed by atoms with Gasteiger partial charge < -0.3 is 0 Å². The molecule has 1 saturated carbocycles. The molecule has 2 rings (SSSR count). The van der Waals surface area contributed by atoms with Crippen LogP contribution in [0, 0.1) is 0 Å². The van der Waals surface area contributed by atoms with E-state index in [1.807, 2.05) is 0 Å². The Bertz CT molecular complexity index is 331. The molecule has 0 amide bonds. The Balaban J connectivity index is 2.08. The van der Waals surface area contributed by atoms with Crippen LogP contribution in [0.15, 0.2) is 30.3 Å². The standard InChI is InChI=1S/C14H22N2S/c1-2-14(12-6-4-3-5-7-12)10-8-13(9-11-14)16-17-15/h3-7,13,16H,2,8-11,15H2,1H3. The van der Waals surface area contributed by atoms with Gasteiger partial charge in [-0.2, -0.15) is 0 Å². The van der Waals surface area contributed by atoms with E-state index in [0.717, 1.165) is 0 Å². The van der Waals surface area contributed by atoms with Gasteiger partial charge in [-0.15, -0.1) is 0 Å². The van der Waals surface area contributed by atoms with Gasteiger partial charge in [0.15, 0.2) is 0 Å². The Labute approximate surface area is 109 Å². The van der Waals surface area contributed by atoms with E-state index in [9.17, 15) is 0 Å². The highest BCUT2D eigenvalue weighted by Crippen LogP contribution is 2.42. The van der Waals surface area contributed by atoms with Crippen LogP contribution in [0.5, 0.6) is 0 Å². The van der Waals surface area contributed by atoms with Crippen molar-refractivity contribution in [3.8, 4) is 0 Å². The first-order valence-corrected chi connectivity index (χ1v) is 7.35. The third-order valence-electron chi connectivity index (χ3n) is 4.24. The van der Waals surface area contributed by atoms with E-state index >= 15 is 0 Å². The highest BCUT2D eigenvalue weighted by atomic mass is 32.2. The largest absolute Gasteiger partial charge is 0.264 e. The van der Waals surface area contributed by atoms with Crippen LogP contribution in [0.25, 0.3) is 0 Å². The Hall–Kier alpha value is -0.510. The highest BCUT2D eigenvalue weighted by Gasteiger charge is 2.34. The summed E-state index contributed by atoms with van der Waals surface area (Å²) in [6, 6.07) is 11.6. The number of hydrogen-bond acceptors (Lipinski definition) is 3. The van der Waals surface area contributed by atoms with Crippen LogP contribution < -0.4 is 9.86 Å². The van der Waals surface area contributed by atoms with Crippen molar-refractivity contribution in [2.24, 2.45) is 5.14 Å². The zero-order chi connectivity index (χ0) is 12.1. The van der Waals surface area contributed by atoms with Gasteiger partial charge in [0.2, 0.25) is 0 Å². The monoisotopic (exact) mass is 250 g/mol. The van der Waals surface area contributed by atoms with Gasteiger partial charge in [0.1, 0.15) is 0 Å². The smallest absolute Gasteiger partial charge is 0.0184 e. The van der Waals surface area contributed by atoms with Gasteiger partial charge in [-0.3, -0.25) is 5.14 Å². The second kappa shape index (κ2) is 5.89. The van der Waals surface area contributed by atoms with E-state index in [2.05, 4.69) is 42.0 Å². The maximum absolute atomic E-state index is 5.48. The third kappa shape index (κ3) is 2.84. The molecular formula is C14H22N2S. The highest BCUT2D eigenvalue weighted by molar-refractivity contribution is 7.95. The molecule has 1 aliphatic carbocycles. The summed E-state index contributed by atoms with van der Waals surface area (Å²) in [5, 5.41) is 5.48. The fourth-order valence-corrected chi connectivity index (χ4v) is 3.45. The zero-order valence-corrected chi connectivity index (χ0v) is 11.3. The molecule has 1 aliphatic rings. The molecule has 0 atom stereocenters. The van der Waals surface area contributed by atoms with Crippen LogP contribution in [-0.4, -0.2) is 6.04 Å². The first kappa shape index (κ1) is 12.9. The summed E-state index contributed by atoms with van der Waals surface area (Å²) in [6.07, 6.45) is 6.23. The lowest BCUT2D eigenvalue weighted by Gasteiger charge is -2.40. The zero-order valence-electron chi connectivity index (χ0n) is 10.5. The quantitative estimate of drug-likeness (QED) is 0.804. The molecular weight excluding hydrogens is 228 g/mol. The van der Waals surface area contributed by atoms with Crippen molar-refractivity contribution in [2.75, 3.05) is 0 Å². The van der Waals surface area contributed by atoms with Crippen molar-refractivity contribution in [1.82, 2.24) is 4.72 Å². The lowest BCUT2D eigenvalue weighted by Crippen LogP contribution is -2.37. The maximum Gasteiger partial charge on any atom is 0.0184 e. The minimum Gasteiger partial charge on any atom is -0.264 e. The Morgan fingerprint density at radius 3 is 2.47 bits per heavy atom. The van der Waals surface area contributed by atoms with Crippen LogP contribution in [0.1, 0.15) is 44.6 Å². The number of nitrogens with two attached hydrogens (primary N) is 1. The molecule has 0 bridgehead atoms. The van der Waals surface area contributed by atoms with Gasteiger partial charge in [0.25, 0.3) is 0 Å². The van der Waals surface area contributed by atoms with E-state index in [1.54, 1.807) is 0 Å². The topological polar surface area (TPSA) is 38.0 Å². The van der Waals surface area contributed by atoms with E-state index < -0.39 is 0 Å². The second-order valence-corrected chi connectivity index (χ2v) is 5.48. The molecule has 1 aromatic carbocycles. The molecule has 0 saturated heterocycles. The molecule has 0 spiro atoms. The van der Waals surface area contributed by atoms with Crippen molar-refractivity contribution in [3.63, 3.8) is 0 Å². The average Bonchev–Trinajstić information content (AvgIpc) is 2.41. The number of hydrogen-bond donors (Lipinski definition) is 2. The summed E-state index contributed by atoms with van der Waals surface area (Å²) in [7, 11) is 0.